The average Bonchev–Trinajstić information content (AvgIpc) is 2.66. The van der Waals surface area contributed by atoms with Crippen molar-refractivity contribution in [3.63, 3.8) is 0 Å². The molecule has 5 heteroatoms. The number of fused-ring (bicyclic) bond motifs is 1. The van der Waals surface area contributed by atoms with Gasteiger partial charge in [-0.1, -0.05) is 6.07 Å². The van der Waals surface area contributed by atoms with Gasteiger partial charge in [0.1, 0.15) is 5.75 Å². The van der Waals surface area contributed by atoms with Crippen molar-refractivity contribution in [2.75, 3.05) is 19.1 Å². The Hall–Kier alpha value is -3.08. The predicted molar refractivity (Wildman–Crippen MR) is 99.6 cm³/mol. The number of pyridine rings is 1. The van der Waals surface area contributed by atoms with Crippen LogP contribution in [0.4, 0.5) is 5.69 Å². The molecule has 0 aliphatic rings. The van der Waals surface area contributed by atoms with Gasteiger partial charge >= 0.3 is 0 Å². The predicted octanol–water partition coefficient (Wildman–Crippen LogP) is 3.31. The third-order valence-electron chi connectivity index (χ3n) is 4.30. The summed E-state index contributed by atoms with van der Waals surface area (Å²) in [6, 6.07) is 16.1. The van der Waals surface area contributed by atoms with E-state index >= 15 is 0 Å². The van der Waals surface area contributed by atoms with E-state index in [9.17, 15) is 9.59 Å². The lowest BCUT2D eigenvalue weighted by molar-refractivity contribution is 0.0992. The highest BCUT2D eigenvalue weighted by molar-refractivity contribution is 6.06. The van der Waals surface area contributed by atoms with Gasteiger partial charge < -0.3 is 14.2 Å². The van der Waals surface area contributed by atoms with Crippen LogP contribution < -0.4 is 15.2 Å². The Kier molecular flexibility index (Phi) is 4.57. The summed E-state index contributed by atoms with van der Waals surface area (Å²) in [5.74, 6) is 0.520. The highest BCUT2D eigenvalue weighted by atomic mass is 16.5. The lowest BCUT2D eigenvalue weighted by Crippen LogP contribution is -2.26. The van der Waals surface area contributed by atoms with E-state index in [0.29, 0.717) is 17.9 Å². The van der Waals surface area contributed by atoms with E-state index in [1.807, 2.05) is 25.1 Å². The second-order valence-electron chi connectivity index (χ2n) is 5.76. The molecule has 0 saturated heterocycles. The van der Waals surface area contributed by atoms with E-state index in [4.69, 9.17) is 4.74 Å². The number of aryl methyl sites for hydroxylation is 1. The minimum absolute atomic E-state index is 0.0245. The number of anilines is 1. The molecule has 3 rings (SSSR count). The molecule has 1 aromatic heterocycles. The summed E-state index contributed by atoms with van der Waals surface area (Å²) in [6.07, 6.45) is 0. The van der Waals surface area contributed by atoms with E-state index in [0.717, 1.165) is 16.6 Å². The highest BCUT2D eigenvalue weighted by Crippen LogP contribution is 2.23. The smallest absolute Gasteiger partial charge is 0.258 e. The van der Waals surface area contributed by atoms with Gasteiger partial charge in [-0.25, -0.2) is 0 Å². The monoisotopic (exact) mass is 336 g/mol. The van der Waals surface area contributed by atoms with Gasteiger partial charge in [-0.05, 0) is 49.4 Å². The van der Waals surface area contributed by atoms with E-state index < -0.39 is 0 Å². The Balaban J connectivity index is 1.99. The first kappa shape index (κ1) is 16.8. The molecule has 128 valence electrons. The van der Waals surface area contributed by atoms with Crippen LogP contribution in [0.3, 0.4) is 0 Å². The number of amides is 1. The fraction of sp³-hybridized carbons (Fsp3) is 0.200. The summed E-state index contributed by atoms with van der Waals surface area (Å²) < 4.78 is 6.89. The average molecular weight is 336 g/mol. The molecule has 1 amide bonds. The summed E-state index contributed by atoms with van der Waals surface area (Å²) in [5.41, 5.74) is 2.16. The first-order chi connectivity index (χ1) is 12.0. The zero-order chi connectivity index (χ0) is 18.0. The third-order valence-corrected chi connectivity index (χ3v) is 4.30. The summed E-state index contributed by atoms with van der Waals surface area (Å²) in [6.45, 7) is 2.54. The molecule has 0 radical (unpaired) electrons. The molecule has 1 heterocycles. The zero-order valence-electron chi connectivity index (χ0n) is 14.5. The van der Waals surface area contributed by atoms with Gasteiger partial charge in [0.2, 0.25) is 0 Å². The number of carbonyl (C=O) groups is 1. The van der Waals surface area contributed by atoms with Gasteiger partial charge in [0.25, 0.3) is 11.5 Å². The number of benzene rings is 2. The number of hydrogen-bond acceptors (Lipinski definition) is 3. The maximum atomic E-state index is 12.7. The van der Waals surface area contributed by atoms with Gasteiger partial charge in [0, 0.05) is 36.3 Å². The molecule has 0 aliphatic carbocycles. The molecule has 0 unspecified atom stereocenters. The summed E-state index contributed by atoms with van der Waals surface area (Å²) in [7, 11) is 3.31. The molecule has 0 aliphatic heterocycles. The van der Waals surface area contributed by atoms with Gasteiger partial charge in [-0.15, -0.1) is 0 Å². The number of aromatic nitrogens is 1. The van der Waals surface area contributed by atoms with Crippen molar-refractivity contribution in [2.24, 2.45) is 0 Å². The molecule has 0 saturated carbocycles. The normalized spacial score (nSPS) is 10.7. The van der Waals surface area contributed by atoms with Crippen LogP contribution in [-0.2, 0) is 6.54 Å². The van der Waals surface area contributed by atoms with Crippen molar-refractivity contribution >= 4 is 22.5 Å². The first-order valence-corrected chi connectivity index (χ1v) is 8.11. The van der Waals surface area contributed by atoms with Gasteiger partial charge in [0.15, 0.2) is 0 Å². The van der Waals surface area contributed by atoms with Crippen LogP contribution in [-0.4, -0.2) is 24.6 Å². The lowest BCUT2D eigenvalue weighted by atomic mass is 10.1. The molecular weight excluding hydrogens is 316 g/mol. The van der Waals surface area contributed by atoms with Crippen LogP contribution in [0, 0.1) is 0 Å². The lowest BCUT2D eigenvalue weighted by Gasteiger charge is -2.19. The number of rotatable bonds is 4. The first-order valence-electron chi connectivity index (χ1n) is 8.11. The molecule has 2 aromatic carbocycles. The molecule has 0 bridgehead atoms. The Bertz CT molecular complexity index is 992. The van der Waals surface area contributed by atoms with Crippen molar-refractivity contribution in [2.45, 2.75) is 13.5 Å². The number of nitrogens with zero attached hydrogens (tertiary/aromatic N) is 2. The Morgan fingerprint density at radius 3 is 2.64 bits per heavy atom. The summed E-state index contributed by atoms with van der Waals surface area (Å²) in [5, 5.41) is 0.921. The Morgan fingerprint density at radius 1 is 1.12 bits per heavy atom. The largest absolute Gasteiger partial charge is 0.497 e. The van der Waals surface area contributed by atoms with E-state index in [-0.39, 0.29) is 11.5 Å². The zero-order valence-corrected chi connectivity index (χ0v) is 14.5. The fourth-order valence-corrected chi connectivity index (χ4v) is 2.89. The van der Waals surface area contributed by atoms with Crippen molar-refractivity contribution in [1.29, 1.82) is 0 Å². The van der Waals surface area contributed by atoms with Crippen molar-refractivity contribution in [3.8, 4) is 5.75 Å². The van der Waals surface area contributed by atoms with Crippen LogP contribution >= 0.6 is 0 Å². The second-order valence-corrected chi connectivity index (χ2v) is 5.76. The van der Waals surface area contributed by atoms with Crippen molar-refractivity contribution in [3.05, 3.63) is 70.5 Å². The molecule has 0 spiro atoms. The molecule has 0 fully saturated rings. The molecule has 5 nitrogen and oxygen atoms in total. The van der Waals surface area contributed by atoms with Crippen LogP contribution in [0.5, 0.6) is 5.75 Å². The molecule has 0 N–H and O–H groups in total. The second kappa shape index (κ2) is 6.81. The third kappa shape index (κ3) is 3.13. The maximum absolute atomic E-state index is 12.7. The van der Waals surface area contributed by atoms with Crippen molar-refractivity contribution in [1.82, 2.24) is 4.57 Å². The minimum Gasteiger partial charge on any atom is -0.497 e. The standard InChI is InChI=1S/C20H20N2O3/c1-4-22-18-10-9-16(12-14(18)8-11-19(22)23)21(2)20(24)15-6-5-7-17(13-15)25-3/h5-13H,4H2,1-3H3. The minimum atomic E-state index is -0.123. The van der Waals surface area contributed by atoms with Gasteiger partial charge in [0.05, 0.1) is 12.6 Å². The quantitative estimate of drug-likeness (QED) is 0.734. The SMILES string of the molecule is CCn1c(=O)ccc2cc(N(C)C(=O)c3cccc(OC)c3)ccc21. The van der Waals surface area contributed by atoms with E-state index in [2.05, 4.69) is 0 Å². The topological polar surface area (TPSA) is 51.5 Å². The van der Waals surface area contributed by atoms with Crippen LogP contribution in [0.25, 0.3) is 10.9 Å². The fourth-order valence-electron chi connectivity index (χ4n) is 2.89. The number of carbonyl (C=O) groups excluding carboxylic acids is 1. The van der Waals surface area contributed by atoms with Crippen LogP contribution in [0.2, 0.25) is 0 Å². The Morgan fingerprint density at radius 2 is 1.92 bits per heavy atom. The number of methoxy groups -OCH3 is 1. The van der Waals surface area contributed by atoms with Crippen molar-refractivity contribution < 1.29 is 9.53 Å². The molecule has 3 aromatic rings. The molecule has 25 heavy (non-hydrogen) atoms. The summed E-state index contributed by atoms with van der Waals surface area (Å²) >= 11 is 0. The summed E-state index contributed by atoms with van der Waals surface area (Å²) in [4.78, 5) is 26.3. The molecule has 0 atom stereocenters. The van der Waals surface area contributed by atoms with Crippen LogP contribution in [0.15, 0.2) is 59.4 Å². The van der Waals surface area contributed by atoms with E-state index in [1.54, 1.807) is 60.0 Å². The maximum Gasteiger partial charge on any atom is 0.258 e. The van der Waals surface area contributed by atoms with Crippen LogP contribution in [0.1, 0.15) is 17.3 Å². The van der Waals surface area contributed by atoms with E-state index in [1.165, 1.54) is 0 Å². The number of hydrogen-bond donors (Lipinski definition) is 0. The molecular formula is C20H20N2O3. The number of ether oxygens (including phenoxy) is 1. The van der Waals surface area contributed by atoms with Gasteiger partial charge in [-0.3, -0.25) is 9.59 Å². The van der Waals surface area contributed by atoms with Gasteiger partial charge in [-0.2, -0.15) is 0 Å². The Labute approximate surface area is 146 Å². The highest BCUT2D eigenvalue weighted by Gasteiger charge is 2.15.